The average Bonchev–Trinajstić information content (AvgIpc) is 3.14. The molecule has 0 aliphatic carbocycles. The van der Waals surface area contributed by atoms with E-state index in [1.165, 1.54) is 32.1 Å². The number of rotatable bonds is 11. The molecule has 4 nitrogen and oxygen atoms in total. The van der Waals surface area contributed by atoms with Gasteiger partial charge in [-0.15, -0.1) is 0 Å². The van der Waals surface area contributed by atoms with E-state index < -0.39 is 5.97 Å². The Balaban J connectivity index is 1.54. The van der Waals surface area contributed by atoms with Crippen molar-refractivity contribution in [2.24, 2.45) is 4.99 Å². The van der Waals surface area contributed by atoms with Crippen molar-refractivity contribution in [1.82, 2.24) is 0 Å². The standard InChI is InChI=1S/C26H27Cl2NO3/c1-2-3-4-5-6-7-17-31-21-14-11-19(12-15-21)18-23-26(30)32-24(29-23)16-13-20-9-8-10-22(27)25(20)28/h8-16,18H,2-7,17H2,1H3/b16-13+,23-18-. The fraction of sp³-hybridized carbons (Fsp3) is 0.308. The number of hydrogen-bond acceptors (Lipinski definition) is 4. The van der Waals surface area contributed by atoms with Crippen LogP contribution in [0.1, 0.15) is 56.6 Å². The molecule has 0 bridgehead atoms. The van der Waals surface area contributed by atoms with E-state index in [1.807, 2.05) is 30.3 Å². The second-order valence-corrected chi connectivity index (χ2v) is 8.32. The minimum absolute atomic E-state index is 0.205. The smallest absolute Gasteiger partial charge is 0.363 e. The third-order valence-corrected chi connectivity index (χ3v) is 5.81. The van der Waals surface area contributed by atoms with Crippen molar-refractivity contribution < 1.29 is 14.3 Å². The van der Waals surface area contributed by atoms with Crippen molar-refractivity contribution in [1.29, 1.82) is 0 Å². The van der Waals surface area contributed by atoms with Crippen molar-refractivity contribution in [2.45, 2.75) is 45.4 Å². The summed E-state index contributed by atoms with van der Waals surface area (Å²) in [5, 5.41) is 0.893. The predicted octanol–water partition coefficient (Wildman–Crippen LogP) is 7.74. The number of carbonyl (C=O) groups excluding carboxylic acids is 1. The highest BCUT2D eigenvalue weighted by Gasteiger charge is 2.21. The molecule has 0 radical (unpaired) electrons. The van der Waals surface area contributed by atoms with Gasteiger partial charge < -0.3 is 9.47 Å². The van der Waals surface area contributed by atoms with Gasteiger partial charge in [-0.1, -0.05) is 86.5 Å². The normalized spacial score (nSPS) is 14.8. The van der Waals surface area contributed by atoms with E-state index in [1.54, 1.807) is 30.4 Å². The highest BCUT2D eigenvalue weighted by Crippen LogP contribution is 2.27. The van der Waals surface area contributed by atoms with Gasteiger partial charge in [0.1, 0.15) is 5.75 Å². The largest absolute Gasteiger partial charge is 0.494 e. The molecule has 0 N–H and O–H groups in total. The molecule has 1 aliphatic heterocycles. The van der Waals surface area contributed by atoms with Crippen molar-refractivity contribution in [3.05, 3.63) is 75.4 Å². The second-order valence-electron chi connectivity index (χ2n) is 7.53. The number of unbranched alkanes of at least 4 members (excludes halogenated alkanes) is 5. The van der Waals surface area contributed by atoms with E-state index in [2.05, 4.69) is 11.9 Å². The Morgan fingerprint density at radius 3 is 2.50 bits per heavy atom. The van der Waals surface area contributed by atoms with E-state index in [4.69, 9.17) is 32.7 Å². The second kappa shape index (κ2) is 12.5. The number of nitrogens with zero attached hydrogens (tertiary/aromatic N) is 1. The summed E-state index contributed by atoms with van der Waals surface area (Å²) < 4.78 is 11.0. The number of ether oxygens (including phenoxy) is 2. The molecule has 0 saturated heterocycles. The summed E-state index contributed by atoms with van der Waals surface area (Å²) in [7, 11) is 0. The minimum Gasteiger partial charge on any atom is -0.494 e. The number of carbonyl (C=O) groups is 1. The topological polar surface area (TPSA) is 47.9 Å². The van der Waals surface area contributed by atoms with Crippen LogP contribution in [0.2, 0.25) is 10.0 Å². The lowest BCUT2D eigenvalue weighted by Gasteiger charge is -2.06. The zero-order chi connectivity index (χ0) is 22.8. The molecule has 168 valence electrons. The van der Waals surface area contributed by atoms with Crippen LogP contribution in [0.3, 0.4) is 0 Å². The highest BCUT2D eigenvalue weighted by molar-refractivity contribution is 6.42. The van der Waals surface area contributed by atoms with Gasteiger partial charge >= 0.3 is 5.97 Å². The average molecular weight is 472 g/mol. The molecule has 0 fully saturated rings. The maximum Gasteiger partial charge on any atom is 0.363 e. The molecule has 0 unspecified atom stereocenters. The Morgan fingerprint density at radius 1 is 0.969 bits per heavy atom. The number of halogens is 2. The zero-order valence-corrected chi connectivity index (χ0v) is 19.7. The van der Waals surface area contributed by atoms with Crippen LogP contribution in [-0.2, 0) is 9.53 Å². The Morgan fingerprint density at radius 2 is 1.72 bits per heavy atom. The maximum atomic E-state index is 12.1. The van der Waals surface area contributed by atoms with E-state index >= 15 is 0 Å². The third-order valence-electron chi connectivity index (χ3n) is 4.97. The van der Waals surface area contributed by atoms with E-state index in [-0.39, 0.29) is 11.6 Å². The van der Waals surface area contributed by atoms with E-state index in [9.17, 15) is 4.79 Å². The lowest BCUT2D eigenvalue weighted by molar-refractivity contribution is -0.129. The summed E-state index contributed by atoms with van der Waals surface area (Å²) in [4.78, 5) is 16.4. The van der Waals surface area contributed by atoms with Crippen molar-refractivity contribution in [3.63, 3.8) is 0 Å². The zero-order valence-electron chi connectivity index (χ0n) is 18.2. The molecule has 2 aromatic carbocycles. The molecule has 32 heavy (non-hydrogen) atoms. The van der Waals surface area contributed by atoms with Crippen LogP contribution in [0.4, 0.5) is 0 Å². The Hall–Kier alpha value is -2.56. The summed E-state index contributed by atoms with van der Waals surface area (Å²) >= 11 is 12.2. The van der Waals surface area contributed by atoms with Crippen molar-refractivity contribution >= 4 is 47.2 Å². The summed E-state index contributed by atoms with van der Waals surface area (Å²) in [5.41, 5.74) is 1.80. The first-order valence-electron chi connectivity index (χ1n) is 10.9. The van der Waals surface area contributed by atoms with E-state index in [0.29, 0.717) is 15.6 Å². The lowest BCUT2D eigenvalue weighted by Crippen LogP contribution is -2.01. The van der Waals surface area contributed by atoms with Gasteiger partial charge in [0, 0.05) is 6.08 Å². The summed E-state index contributed by atoms with van der Waals surface area (Å²) in [6.45, 7) is 2.94. The van der Waals surface area contributed by atoms with Gasteiger partial charge in [-0.25, -0.2) is 9.79 Å². The van der Waals surface area contributed by atoms with Crippen LogP contribution in [0.15, 0.2) is 59.2 Å². The number of benzene rings is 2. The van der Waals surface area contributed by atoms with Crippen LogP contribution < -0.4 is 4.74 Å². The molecule has 1 heterocycles. The molecular weight excluding hydrogens is 445 g/mol. The molecule has 0 amide bonds. The molecular formula is C26H27Cl2NO3. The summed E-state index contributed by atoms with van der Waals surface area (Å²) in [5.74, 6) is 0.529. The Kier molecular flexibility index (Phi) is 9.39. The SMILES string of the molecule is CCCCCCCCOc1ccc(/C=C2N=C(/C=C/c3cccc(Cl)c3Cl)OC\2=O)cc1. The van der Waals surface area contributed by atoms with Crippen LogP contribution in [0.25, 0.3) is 12.2 Å². The Bertz CT molecular complexity index is 1010. The summed E-state index contributed by atoms with van der Waals surface area (Å²) in [6, 6.07) is 12.9. The van der Waals surface area contributed by atoms with Crippen molar-refractivity contribution in [3.8, 4) is 5.75 Å². The maximum absolute atomic E-state index is 12.1. The molecule has 6 heteroatoms. The van der Waals surface area contributed by atoms with Crippen LogP contribution >= 0.6 is 23.2 Å². The molecule has 0 saturated carbocycles. The van der Waals surface area contributed by atoms with Crippen LogP contribution in [0, 0.1) is 0 Å². The van der Waals surface area contributed by atoms with Gasteiger partial charge in [0.15, 0.2) is 5.70 Å². The fourth-order valence-corrected chi connectivity index (χ4v) is 3.57. The van der Waals surface area contributed by atoms with Gasteiger partial charge in [0.25, 0.3) is 0 Å². The number of aliphatic imine (C=N–C) groups is 1. The van der Waals surface area contributed by atoms with Gasteiger partial charge in [-0.05, 0) is 47.9 Å². The van der Waals surface area contributed by atoms with Gasteiger partial charge in [0.05, 0.1) is 16.7 Å². The van der Waals surface area contributed by atoms with Crippen molar-refractivity contribution in [2.75, 3.05) is 6.61 Å². The summed E-state index contributed by atoms with van der Waals surface area (Å²) in [6.07, 6.45) is 12.4. The lowest BCUT2D eigenvalue weighted by atomic mass is 10.1. The van der Waals surface area contributed by atoms with Gasteiger partial charge in [0.2, 0.25) is 5.90 Å². The molecule has 0 spiro atoms. The first-order valence-corrected chi connectivity index (χ1v) is 11.7. The quantitative estimate of drug-likeness (QED) is 0.191. The Labute approximate surface area is 199 Å². The monoisotopic (exact) mass is 471 g/mol. The van der Waals surface area contributed by atoms with E-state index in [0.717, 1.165) is 24.3 Å². The number of cyclic esters (lactones) is 1. The molecule has 2 aromatic rings. The number of esters is 1. The molecule has 1 aliphatic rings. The predicted molar refractivity (Wildman–Crippen MR) is 132 cm³/mol. The fourth-order valence-electron chi connectivity index (χ4n) is 3.20. The van der Waals surface area contributed by atoms with Gasteiger partial charge in [-0.2, -0.15) is 0 Å². The van der Waals surface area contributed by atoms with Crippen LogP contribution in [0.5, 0.6) is 5.75 Å². The highest BCUT2D eigenvalue weighted by atomic mass is 35.5. The van der Waals surface area contributed by atoms with Gasteiger partial charge in [-0.3, -0.25) is 0 Å². The minimum atomic E-state index is -0.495. The molecule has 3 rings (SSSR count). The number of hydrogen-bond donors (Lipinski definition) is 0. The first kappa shape index (κ1) is 24.1. The van der Waals surface area contributed by atoms with Crippen LogP contribution in [-0.4, -0.2) is 18.5 Å². The first-order chi connectivity index (χ1) is 15.6. The molecule has 0 atom stereocenters. The molecule has 0 aromatic heterocycles. The third kappa shape index (κ3) is 7.25.